The first-order valence-electron chi connectivity index (χ1n) is 10.5. The van der Waals surface area contributed by atoms with Crippen LogP contribution in [0, 0.1) is 0 Å². The molecule has 0 aromatic heterocycles. The van der Waals surface area contributed by atoms with Crippen LogP contribution >= 0.6 is 0 Å². The summed E-state index contributed by atoms with van der Waals surface area (Å²) in [5, 5.41) is 3.35. The van der Waals surface area contributed by atoms with Crippen LogP contribution in [0.15, 0.2) is 4.99 Å². The van der Waals surface area contributed by atoms with E-state index in [0.717, 1.165) is 51.8 Å². The third-order valence-electron chi connectivity index (χ3n) is 5.47. The van der Waals surface area contributed by atoms with Crippen molar-refractivity contribution in [1.82, 2.24) is 24.9 Å². The van der Waals surface area contributed by atoms with E-state index in [-0.39, 0.29) is 23.4 Å². The quantitative estimate of drug-likeness (QED) is 0.541. The van der Waals surface area contributed by atoms with Gasteiger partial charge in [0.15, 0.2) is 5.96 Å². The number of piperazine rings is 2. The molecule has 2 amide bonds. The highest BCUT2D eigenvalue weighted by Crippen LogP contribution is 2.24. The van der Waals surface area contributed by atoms with E-state index in [9.17, 15) is 9.59 Å². The maximum absolute atomic E-state index is 12.7. The Morgan fingerprint density at radius 1 is 1.18 bits per heavy atom. The molecule has 2 aliphatic rings. The molecule has 8 nitrogen and oxygen atoms in total. The maximum Gasteiger partial charge on any atom is 0.242 e. The van der Waals surface area contributed by atoms with Crippen LogP contribution in [-0.4, -0.2) is 108 Å². The summed E-state index contributed by atoms with van der Waals surface area (Å²) in [6.07, 6.45) is 0. The Kier molecular flexibility index (Phi) is 7.69. The standard InChI is InChI=1S/C20H38N6O2/c1-7-21-19(22-8-9-23-10-12-24(13-11-23)17(4)27)25-14-18(28)26(16(2)3)20(5,6)15-25/h16H,7-15H2,1-6H3,(H,21,22). The van der Waals surface area contributed by atoms with Gasteiger partial charge in [0.2, 0.25) is 11.8 Å². The number of nitrogens with zero attached hydrogens (tertiary/aromatic N) is 5. The second-order valence-corrected chi connectivity index (χ2v) is 8.61. The summed E-state index contributed by atoms with van der Waals surface area (Å²) in [6.45, 7) is 18.9. The van der Waals surface area contributed by atoms with Crippen LogP contribution in [-0.2, 0) is 9.59 Å². The molecule has 28 heavy (non-hydrogen) atoms. The number of carbonyl (C=O) groups excluding carboxylic acids is 2. The lowest BCUT2D eigenvalue weighted by molar-refractivity contribution is -0.145. The van der Waals surface area contributed by atoms with Crippen molar-refractivity contribution in [2.45, 2.75) is 53.1 Å². The van der Waals surface area contributed by atoms with Gasteiger partial charge >= 0.3 is 0 Å². The highest BCUT2D eigenvalue weighted by molar-refractivity contribution is 5.88. The summed E-state index contributed by atoms with van der Waals surface area (Å²) in [5.41, 5.74) is -0.233. The molecule has 0 aliphatic carbocycles. The molecule has 0 aromatic rings. The Morgan fingerprint density at radius 3 is 2.32 bits per heavy atom. The van der Waals surface area contributed by atoms with Gasteiger partial charge in [-0.05, 0) is 34.6 Å². The van der Waals surface area contributed by atoms with Crippen molar-refractivity contribution >= 4 is 17.8 Å². The molecule has 0 bridgehead atoms. The summed E-state index contributed by atoms with van der Waals surface area (Å²) >= 11 is 0. The topological polar surface area (TPSA) is 71.5 Å². The first-order valence-corrected chi connectivity index (χ1v) is 10.5. The van der Waals surface area contributed by atoms with Gasteiger partial charge in [-0.25, -0.2) is 0 Å². The van der Waals surface area contributed by atoms with Crippen molar-refractivity contribution in [2.24, 2.45) is 4.99 Å². The van der Waals surface area contributed by atoms with Gasteiger partial charge in [0.05, 0.1) is 18.6 Å². The van der Waals surface area contributed by atoms with Crippen molar-refractivity contribution in [3.8, 4) is 0 Å². The summed E-state index contributed by atoms with van der Waals surface area (Å²) in [7, 11) is 0. The molecule has 2 aliphatic heterocycles. The van der Waals surface area contributed by atoms with E-state index in [1.807, 2.05) is 16.7 Å². The monoisotopic (exact) mass is 394 g/mol. The van der Waals surface area contributed by atoms with Gasteiger partial charge < -0.3 is 20.0 Å². The minimum absolute atomic E-state index is 0.150. The minimum Gasteiger partial charge on any atom is -0.357 e. The summed E-state index contributed by atoms with van der Waals surface area (Å²) in [5.74, 6) is 1.12. The Balaban J connectivity index is 1.95. The van der Waals surface area contributed by atoms with E-state index in [4.69, 9.17) is 4.99 Å². The fourth-order valence-electron chi connectivity index (χ4n) is 4.32. The number of hydrogen-bond donors (Lipinski definition) is 1. The number of nitrogens with one attached hydrogen (secondary N) is 1. The number of amides is 2. The van der Waals surface area contributed by atoms with E-state index in [2.05, 4.69) is 42.8 Å². The van der Waals surface area contributed by atoms with Crippen LogP contribution < -0.4 is 5.32 Å². The number of rotatable bonds is 5. The van der Waals surface area contributed by atoms with Crippen LogP contribution in [0.3, 0.4) is 0 Å². The van der Waals surface area contributed by atoms with E-state index >= 15 is 0 Å². The SMILES string of the molecule is CCNC(=NCCN1CCN(C(C)=O)CC1)N1CC(=O)N(C(C)C)C(C)(C)C1. The minimum atomic E-state index is -0.233. The van der Waals surface area contributed by atoms with Gasteiger partial charge in [0.25, 0.3) is 0 Å². The Morgan fingerprint density at radius 2 is 1.82 bits per heavy atom. The second-order valence-electron chi connectivity index (χ2n) is 8.61. The molecule has 2 saturated heterocycles. The Hall–Kier alpha value is -1.83. The van der Waals surface area contributed by atoms with Crippen LogP contribution in [0.25, 0.3) is 0 Å². The number of carbonyl (C=O) groups is 2. The van der Waals surface area contributed by atoms with Gasteiger partial charge in [-0.15, -0.1) is 0 Å². The zero-order valence-electron chi connectivity index (χ0n) is 18.5. The first-order chi connectivity index (χ1) is 13.2. The molecule has 160 valence electrons. The molecule has 0 spiro atoms. The van der Waals surface area contributed by atoms with Crippen LogP contribution in [0.2, 0.25) is 0 Å². The van der Waals surface area contributed by atoms with Crippen LogP contribution in [0.1, 0.15) is 41.5 Å². The highest BCUT2D eigenvalue weighted by atomic mass is 16.2. The molecule has 0 saturated carbocycles. The molecule has 2 heterocycles. The average Bonchev–Trinajstić information content (AvgIpc) is 2.59. The molecule has 0 radical (unpaired) electrons. The fraction of sp³-hybridized carbons (Fsp3) is 0.850. The molecule has 0 aromatic carbocycles. The molecular formula is C20H38N6O2. The third-order valence-corrected chi connectivity index (χ3v) is 5.47. The summed E-state index contributed by atoms with van der Waals surface area (Å²) < 4.78 is 0. The van der Waals surface area contributed by atoms with Crippen molar-refractivity contribution in [2.75, 3.05) is 58.9 Å². The van der Waals surface area contributed by atoms with Crippen molar-refractivity contribution in [1.29, 1.82) is 0 Å². The highest BCUT2D eigenvalue weighted by Gasteiger charge is 2.40. The number of aliphatic imine (C=N–C) groups is 1. The summed E-state index contributed by atoms with van der Waals surface area (Å²) in [6, 6.07) is 0.192. The fourth-order valence-corrected chi connectivity index (χ4v) is 4.32. The van der Waals surface area contributed by atoms with Crippen molar-refractivity contribution in [3.05, 3.63) is 0 Å². The molecular weight excluding hydrogens is 356 g/mol. The molecule has 8 heteroatoms. The van der Waals surface area contributed by atoms with Crippen LogP contribution in [0.5, 0.6) is 0 Å². The molecule has 0 atom stereocenters. The zero-order valence-corrected chi connectivity index (χ0v) is 18.5. The van der Waals surface area contributed by atoms with E-state index in [0.29, 0.717) is 13.1 Å². The van der Waals surface area contributed by atoms with Gasteiger partial charge in [-0.3, -0.25) is 19.5 Å². The molecule has 2 fully saturated rings. The maximum atomic E-state index is 12.7. The predicted molar refractivity (Wildman–Crippen MR) is 112 cm³/mol. The number of hydrogen-bond acceptors (Lipinski definition) is 4. The van der Waals surface area contributed by atoms with Gasteiger partial charge in [-0.1, -0.05) is 0 Å². The largest absolute Gasteiger partial charge is 0.357 e. The van der Waals surface area contributed by atoms with Gasteiger partial charge in [-0.2, -0.15) is 0 Å². The molecule has 0 unspecified atom stereocenters. The first kappa shape index (κ1) is 22.5. The zero-order chi connectivity index (χ0) is 20.9. The third kappa shape index (κ3) is 5.59. The van der Waals surface area contributed by atoms with E-state index in [1.54, 1.807) is 6.92 Å². The van der Waals surface area contributed by atoms with Crippen molar-refractivity contribution < 1.29 is 9.59 Å². The number of guanidine groups is 1. The second kappa shape index (κ2) is 9.58. The Bertz CT molecular complexity index is 581. The molecule has 1 N–H and O–H groups in total. The normalized spacial score (nSPS) is 21.5. The van der Waals surface area contributed by atoms with Crippen molar-refractivity contribution in [3.63, 3.8) is 0 Å². The summed E-state index contributed by atoms with van der Waals surface area (Å²) in [4.78, 5) is 37.3. The van der Waals surface area contributed by atoms with Gasteiger partial charge in [0.1, 0.15) is 0 Å². The lowest BCUT2D eigenvalue weighted by Crippen LogP contribution is -2.66. The van der Waals surface area contributed by atoms with Crippen LogP contribution in [0.4, 0.5) is 0 Å². The van der Waals surface area contributed by atoms with E-state index in [1.165, 1.54) is 0 Å². The van der Waals surface area contributed by atoms with Gasteiger partial charge in [0, 0.05) is 58.8 Å². The Labute approximate surface area is 169 Å². The predicted octanol–water partition coefficient (Wildman–Crippen LogP) is 0.447. The molecule has 2 rings (SSSR count). The van der Waals surface area contributed by atoms with E-state index < -0.39 is 0 Å². The lowest BCUT2D eigenvalue weighted by atomic mass is 9.96. The average molecular weight is 395 g/mol. The lowest BCUT2D eigenvalue weighted by Gasteiger charge is -2.49. The smallest absolute Gasteiger partial charge is 0.242 e.